The highest BCUT2D eigenvalue weighted by atomic mass is 32.2. The Morgan fingerprint density at radius 3 is 2.42 bits per heavy atom. The summed E-state index contributed by atoms with van der Waals surface area (Å²) in [7, 11) is -3.82. The Hall–Kier alpha value is -3.52. The molecular weight excluding hydrogens is 422 g/mol. The first-order valence-corrected chi connectivity index (χ1v) is 10.9. The maximum Gasteiger partial charge on any atom is 0.244 e. The largest absolute Gasteiger partial charge is 0.337 e. The first kappa shape index (κ1) is 20.7. The number of sulfone groups is 1. The van der Waals surface area contributed by atoms with E-state index in [4.69, 9.17) is 0 Å². The topological polar surface area (TPSA) is 68.2 Å². The van der Waals surface area contributed by atoms with Crippen LogP contribution in [0.25, 0.3) is 10.9 Å². The van der Waals surface area contributed by atoms with Crippen molar-refractivity contribution < 1.29 is 22.0 Å². The fourth-order valence-corrected chi connectivity index (χ4v) is 4.81. The lowest BCUT2D eigenvalue weighted by atomic mass is 10.2. The third-order valence-electron chi connectivity index (χ3n) is 4.89. The average molecular weight is 440 g/mol. The van der Waals surface area contributed by atoms with Crippen LogP contribution in [0.2, 0.25) is 0 Å². The predicted molar refractivity (Wildman–Crippen MR) is 114 cm³/mol. The number of carbonyl (C=O) groups is 1. The first-order valence-electron chi connectivity index (χ1n) is 9.40. The van der Waals surface area contributed by atoms with Crippen LogP contribution in [0, 0.1) is 18.6 Å². The molecule has 5 nitrogen and oxygen atoms in total. The molecular formula is C23H18F2N2O3S. The number of aryl methyl sites for hydroxylation is 1. The minimum atomic E-state index is -3.82. The van der Waals surface area contributed by atoms with Crippen molar-refractivity contribution in [2.45, 2.75) is 23.3 Å². The highest BCUT2D eigenvalue weighted by Crippen LogP contribution is 2.30. The Morgan fingerprint density at radius 1 is 1.00 bits per heavy atom. The van der Waals surface area contributed by atoms with Gasteiger partial charge in [-0.2, -0.15) is 0 Å². The van der Waals surface area contributed by atoms with Gasteiger partial charge >= 0.3 is 0 Å². The van der Waals surface area contributed by atoms with Crippen LogP contribution >= 0.6 is 0 Å². The molecule has 3 aromatic carbocycles. The number of hydrogen-bond donors (Lipinski definition) is 1. The zero-order chi connectivity index (χ0) is 22.2. The molecule has 0 saturated carbocycles. The second-order valence-electron chi connectivity index (χ2n) is 7.13. The van der Waals surface area contributed by atoms with Crippen molar-refractivity contribution in [2.24, 2.45) is 0 Å². The van der Waals surface area contributed by atoms with Crippen molar-refractivity contribution in [1.29, 1.82) is 0 Å². The van der Waals surface area contributed by atoms with E-state index >= 15 is 0 Å². The molecule has 1 N–H and O–H groups in total. The number of carbonyl (C=O) groups excluding carboxylic acids is 1. The van der Waals surface area contributed by atoms with Crippen molar-refractivity contribution in [3.05, 3.63) is 90.1 Å². The van der Waals surface area contributed by atoms with E-state index in [2.05, 4.69) is 5.32 Å². The zero-order valence-electron chi connectivity index (χ0n) is 16.5. The quantitative estimate of drug-likeness (QED) is 0.489. The van der Waals surface area contributed by atoms with Gasteiger partial charge in [0.05, 0.1) is 15.5 Å². The van der Waals surface area contributed by atoms with Crippen molar-refractivity contribution in [1.82, 2.24) is 4.57 Å². The summed E-state index contributed by atoms with van der Waals surface area (Å²) in [5, 5.41) is 2.86. The van der Waals surface area contributed by atoms with E-state index in [-0.39, 0.29) is 22.0 Å². The summed E-state index contributed by atoms with van der Waals surface area (Å²) in [6, 6.07) is 16.2. The number of amides is 1. The number of aromatic nitrogens is 1. The van der Waals surface area contributed by atoms with Crippen LogP contribution in [0.3, 0.4) is 0 Å². The summed E-state index contributed by atoms with van der Waals surface area (Å²) in [5.74, 6) is -2.23. The number of nitrogens with one attached hydrogen (secondary N) is 1. The van der Waals surface area contributed by atoms with Crippen LogP contribution in [0.5, 0.6) is 0 Å². The molecule has 0 spiro atoms. The minimum absolute atomic E-state index is 0.0766. The van der Waals surface area contributed by atoms with Crippen molar-refractivity contribution in [3.8, 4) is 0 Å². The van der Waals surface area contributed by atoms with Gasteiger partial charge in [0, 0.05) is 23.2 Å². The van der Waals surface area contributed by atoms with Gasteiger partial charge in [-0.25, -0.2) is 17.2 Å². The SMILES string of the molecule is Cc1ccc(S(=O)(=O)c2cn(CC(=O)Nc3ccc(F)cc3F)c3ccccc23)cc1. The molecule has 0 bridgehead atoms. The standard InChI is InChI=1S/C23H18F2N2O3S/c1-15-6-9-17(10-7-15)31(29,30)22-13-27(21-5-3-2-4-18(21)22)14-23(28)26-20-11-8-16(24)12-19(20)25/h2-13H,14H2,1H3,(H,26,28). The van der Waals surface area contributed by atoms with Gasteiger partial charge in [0.25, 0.3) is 0 Å². The molecule has 4 rings (SSSR count). The molecule has 0 unspecified atom stereocenters. The highest BCUT2D eigenvalue weighted by molar-refractivity contribution is 7.91. The highest BCUT2D eigenvalue weighted by Gasteiger charge is 2.24. The fourth-order valence-electron chi connectivity index (χ4n) is 3.34. The van der Waals surface area contributed by atoms with E-state index in [9.17, 15) is 22.0 Å². The maximum absolute atomic E-state index is 13.8. The summed E-state index contributed by atoms with van der Waals surface area (Å²) >= 11 is 0. The molecule has 4 aromatic rings. The lowest BCUT2D eigenvalue weighted by Gasteiger charge is -2.08. The molecule has 0 fully saturated rings. The molecule has 1 amide bonds. The van der Waals surface area contributed by atoms with Crippen LogP contribution < -0.4 is 5.32 Å². The third-order valence-corrected chi connectivity index (χ3v) is 6.69. The number of halogens is 2. The van der Waals surface area contributed by atoms with E-state index in [0.717, 1.165) is 17.7 Å². The number of hydrogen-bond acceptors (Lipinski definition) is 3. The van der Waals surface area contributed by atoms with Gasteiger partial charge in [0.15, 0.2) is 0 Å². The Kier molecular flexibility index (Phi) is 5.32. The van der Waals surface area contributed by atoms with Crippen LogP contribution in [-0.4, -0.2) is 18.9 Å². The summed E-state index contributed by atoms with van der Waals surface area (Å²) < 4.78 is 54.9. The molecule has 0 aliphatic heterocycles. The Morgan fingerprint density at radius 2 is 1.71 bits per heavy atom. The molecule has 1 aromatic heterocycles. The van der Waals surface area contributed by atoms with Crippen molar-refractivity contribution in [3.63, 3.8) is 0 Å². The van der Waals surface area contributed by atoms with E-state index in [0.29, 0.717) is 17.0 Å². The molecule has 0 atom stereocenters. The molecule has 0 aliphatic rings. The van der Waals surface area contributed by atoms with E-state index in [1.807, 2.05) is 6.92 Å². The molecule has 31 heavy (non-hydrogen) atoms. The van der Waals surface area contributed by atoms with Crippen molar-refractivity contribution >= 4 is 32.3 Å². The number of anilines is 1. The van der Waals surface area contributed by atoms with Crippen LogP contribution in [0.15, 0.2) is 82.7 Å². The van der Waals surface area contributed by atoms with Gasteiger partial charge < -0.3 is 9.88 Å². The molecule has 0 aliphatic carbocycles. The maximum atomic E-state index is 13.8. The van der Waals surface area contributed by atoms with E-state index < -0.39 is 27.4 Å². The average Bonchev–Trinajstić information content (AvgIpc) is 3.10. The third kappa shape index (κ3) is 4.06. The van der Waals surface area contributed by atoms with Crippen LogP contribution in [-0.2, 0) is 21.2 Å². The Balaban J connectivity index is 1.70. The van der Waals surface area contributed by atoms with Crippen molar-refractivity contribution in [2.75, 3.05) is 5.32 Å². The lowest BCUT2D eigenvalue weighted by molar-refractivity contribution is -0.116. The molecule has 8 heteroatoms. The first-order chi connectivity index (χ1) is 14.8. The fraction of sp³-hybridized carbons (Fsp3) is 0.0870. The van der Waals surface area contributed by atoms with Gasteiger partial charge in [-0.1, -0.05) is 35.9 Å². The Bertz CT molecular complexity index is 1390. The zero-order valence-corrected chi connectivity index (χ0v) is 17.3. The number of nitrogens with zero attached hydrogens (tertiary/aromatic N) is 1. The summed E-state index contributed by atoms with van der Waals surface area (Å²) in [4.78, 5) is 12.7. The lowest BCUT2D eigenvalue weighted by Crippen LogP contribution is -2.19. The summed E-state index contributed by atoms with van der Waals surface area (Å²) in [6.45, 7) is 1.62. The number of rotatable bonds is 5. The van der Waals surface area contributed by atoms with Crippen LogP contribution in [0.4, 0.5) is 14.5 Å². The second-order valence-corrected chi connectivity index (χ2v) is 9.05. The van der Waals surface area contributed by atoms with Gasteiger partial charge in [-0.15, -0.1) is 0 Å². The van der Waals surface area contributed by atoms with E-state index in [1.54, 1.807) is 48.5 Å². The molecule has 158 valence electrons. The smallest absolute Gasteiger partial charge is 0.244 e. The normalized spacial score (nSPS) is 11.6. The van der Waals surface area contributed by atoms with Crippen LogP contribution in [0.1, 0.15) is 5.56 Å². The molecule has 0 radical (unpaired) electrons. The monoisotopic (exact) mass is 440 g/mol. The molecule has 0 saturated heterocycles. The predicted octanol–water partition coefficient (Wildman–Crippen LogP) is 4.70. The minimum Gasteiger partial charge on any atom is -0.337 e. The number of para-hydroxylation sites is 1. The summed E-state index contributed by atoms with van der Waals surface area (Å²) in [5.41, 5.74) is 1.32. The second kappa shape index (κ2) is 7.96. The van der Waals surface area contributed by atoms with Gasteiger partial charge in [-0.3, -0.25) is 4.79 Å². The van der Waals surface area contributed by atoms with Gasteiger partial charge in [0.1, 0.15) is 18.2 Å². The number of benzene rings is 3. The van der Waals surface area contributed by atoms with E-state index in [1.165, 1.54) is 10.8 Å². The van der Waals surface area contributed by atoms with Gasteiger partial charge in [-0.05, 0) is 37.3 Å². The number of fused-ring (bicyclic) bond motifs is 1. The van der Waals surface area contributed by atoms with Gasteiger partial charge in [0.2, 0.25) is 15.7 Å². The Labute approximate surface area is 177 Å². The summed E-state index contributed by atoms with van der Waals surface area (Å²) in [6.07, 6.45) is 1.40. The molecule has 1 heterocycles.